The zero-order chi connectivity index (χ0) is 20.1. The molecule has 3 N–H and O–H groups in total. The van der Waals surface area contributed by atoms with Crippen LogP contribution in [0.5, 0.6) is 0 Å². The fourth-order valence-corrected chi connectivity index (χ4v) is 2.99. The van der Waals surface area contributed by atoms with E-state index in [0.29, 0.717) is 12.8 Å². The number of halogens is 4. The Morgan fingerprint density at radius 2 is 1.71 bits per heavy atom. The molecule has 0 radical (unpaired) electrons. The van der Waals surface area contributed by atoms with Crippen molar-refractivity contribution in [2.45, 2.75) is 25.2 Å². The van der Waals surface area contributed by atoms with Crippen LogP contribution in [0.25, 0.3) is 22.4 Å². The van der Waals surface area contributed by atoms with Crippen molar-refractivity contribution >= 4 is 0 Å². The Morgan fingerprint density at radius 1 is 1.04 bits per heavy atom. The summed E-state index contributed by atoms with van der Waals surface area (Å²) in [5.74, 6) is -0.338. The van der Waals surface area contributed by atoms with E-state index < -0.39 is 12.4 Å². The number of aromatic amines is 1. The summed E-state index contributed by atoms with van der Waals surface area (Å²) in [6.45, 7) is 0.00746. The first kappa shape index (κ1) is 20.0. The van der Waals surface area contributed by atoms with Crippen LogP contribution in [0.2, 0.25) is 0 Å². The Kier molecular flexibility index (Phi) is 6.11. The molecule has 2 aromatic heterocycles. The maximum absolute atomic E-state index is 13.3. The molecule has 0 fully saturated rings. The minimum absolute atomic E-state index is 0.00746. The van der Waals surface area contributed by atoms with Crippen LogP contribution in [0.4, 0.5) is 17.6 Å². The zero-order valence-corrected chi connectivity index (χ0v) is 14.8. The van der Waals surface area contributed by atoms with Crippen LogP contribution < -0.4 is 5.32 Å². The summed E-state index contributed by atoms with van der Waals surface area (Å²) in [5, 5.41) is 11.1. The average molecular weight is 393 g/mol. The second kappa shape index (κ2) is 8.53. The number of hydrogen-bond acceptors (Lipinski definition) is 3. The topological polar surface area (TPSA) is 60.9 Å². The Morgan fingerprint density at radius 3 is 2.36 bits per heavy atom. The molecule has 148 valence electrons. The first-order chi connectivity index (χ1) is 13.4. The lowest BCUT2D eigenvalue weighted by atomic mass is 9.96. The van der Waals surface area contributed by atoms with Crippen LogP contribution in [0.1, 0.15) is 12.0 Å². The molecule has 0 bridgehead atoms. The van der Waals surface area contributed by atoms with Crippen molar-refractivity contribution in [1.29, 1.82) is 0 Å². The number of benzene rings is 1. The molecule has 1 aromatic carbocycles. The lowest BCUT2D eigenvalue weighted by molar-refractivity contribution is -0.213. The number of aromatic nitrogens is 2. The fraction of sp³-hybridized carbons (Fsp3) is 0.250. The SMILES string of the molecule is OC(NCCCc1c[nH]c(-c2ccc(F)cc2)c1-c1ccncc1)C(F)(F)F. The number of rotatable bonds is 7. The predicted molar refractivity (Wildman–Crippen MR) is 97.8 cm³/mol. The van der Waals surface area contributed by atoms with Crippen LogP contribution in [0, 0.1) is 5.82 Å². The molecule has 1 atom stereocenters. The number of aliphatic hydroxyl groups is 1. The van der Waals surface area contributed by atoms with Crippen LogP contribution in [-0.4, -0.2) is 34.0 Å². The maximum atomic E-state index is 13.3. The highest BCUT2D eigenvalue weighted by molar-refractivity contribution is 5.83. The summed E-state index contributed by atoms with van der Waals surface area (Å²) in [7, 11) is 0. The average Bonchev–Trinajstić information content (AvgIpc) is 3.09. The zero-order valence-electron chi connectivity index (χ0n) is 14.8. The third kappa shape index (κ3) is 4.76. The van der Waals surface area contributed by atoms with E-state index in [4.69, 9.17) is 5.11 Å². The number of H-pyrrole nitrogens is 1. The van der Waals surface area contributed by atoms with Gasteiger partial charge in [-0.2, -0.15) is 13.2 Å². The summed E-state index contributed by atoms with van der Waals surface area (Å²) in [5.41, 5.74) is 4.29. The maximum Gasteiger partial charge on any atom is 0.427 e. The van der Waals surface area contributed by atoms with Gasteiger partial charge in [-0.15, -0.1) is 0 Å². The van der Waals surface area contributed by atoms with Crippen molar-refractivity contribution in [3.63, 3.8) is 0 Å². The molecule has 4 nitrogen and oxygen atoms in total. The van der Waals surface area contributed by atoms with Gasteiger partial charge in [0.15, 0.2) is 0 Å². The van der Waals surface area contributed by atoms with Crippen molar-refractivity contribution in [3.05, 3.63) is 66.4 Å². The highest BCUT2D eigenvalue weighted by Gasteiger charge is 2.37. The van der Waals surface area contributed by atoms with E-state index in [-0.39, 0.29) is 12.4 Å². The molecule has 28 heavy (non-hydrogen) atoms. The molecule has 8 heteroatoms. The largest absolute Gasteiger partial charge is 0.427 e. The standard InChI is InChI=1S/C20H19F4N3O/c21-16-5-3-14(4-6-16)18-17(13-7-10-25-11-8-13)15(12-27-18)2-1-9-26-19(28)20(22,23)24/h3-8,10-12,19,26-28H,1-2,9H2. The van der Waals surface area contributed by atoms with Crippen molar-refractivity contribution in [2.24, 2.45) is 0 Å². The Labute approximate surface area is 159 Å². The Balaban J connectivity index is 1.81. The summed E-state index contributed by atoms with van der Waals surface area (Å²) >= 11 is 0. The Hall–Kier alpha value is -2.71. The lowest BCUT2D eigenvalue weighted by Gasteiger charge is -2.15. The van der Waals surface area contributed by atoms with Gasteiger partial charge in [-0.3, -0.25) is 10.3 Å². The smallest absolute Gasteiger partial charge is 0.370 e. The molecule has 0 aliphatic heterocycles. The van der Waals surface area contributed by atoms with E-state index in [2.05, 4.69) is 15.3 Å². The first-order valence-corrected chi connectivity index (χ1v) is 8.71. The summed E-state index contributed by atoms with van der Waals surface area (Å²) in [6, 6.07) is 9.74. The molecule has 0 saturated heterocycles. The van der Waals surface area contributed by atoms with Gasteiger partial charge >= 0.3 is 6.18 Å². The summed E-state index contributed by atoms with van der Waals surface area (Å²) < 4.78 is 50.3. The van der Waals surface area contributed by atoms with E-state index >= 15 is 0 Å². The Bertz CT molecular complexity index is 892. The summed E-state index contributed by atoms with van der Waals surface area (Å²) in [4.78, 5) is 7.20. The highest BCUT2D eigenvalue weighted by Crippen LogP contribution is 2.35. The molecule has 0 spiro atoms. The third-order valence-electron chi connectivity index (χ3n) is 4.33. The van der Waals surface area contributed by atoms with Crippen LogP contribution >= 0.6 is 0 Å². The van der Waals surface area contributed by atoms with Gasteiger partial charge in [0.2, 0.25) is 6.23 Å². The van der Waals surface area contributed by atoms with Crippen molar-refractivity contribution in [3.8, 4) is 22.4 Å². The van der Waals surface area contributed by atoms with E-state index in [0.717, 1.165) is 27.9 Å². The van der Waals surface area contributed by atoms with Gasteiger partial charge in [0.1, 0.15) is 5.82 Å². The van der Waals surface area contributed by atoms with Crippen LogP contribution in [0.3, 0.4) is 0 Å². The van der Waals surface area contributed by atoms with E-state index in [1.165, 1.54) is 12.1 Å². The number of aliphatic hydroxyl groups excluding tert-OH is 1. The normalized spacial score (nSPS) is 12.9. The lowest BCUT2D eigenvalue weighted by Crippen LogP contribution is -2.42. The minimum atomic E-state index is -4.69. The van der Waals surface area contributed by atoms with E-state index in [9.17, 15) is 17.6 Å². The van der Waals surface area contributed by atoms with E-state index in [1.54, 1.807) is 30.7 Å². The molecule has 1 unspecified atom stereocenters. The molecule has 3 rings (SSSR count). The molecule has 0 aliphatic carbocycles. The number of nitrogens with zero attached hydrogens (tertiary/aromatic N) is 1. The number of nitrogens with one attached hydrogen (secondary N) is 2. The quantitative estimate of drug-likeness (QED) is 0.319. The van der Waals surface area contributed by atoms with Crippen molar-refractivity contribution < 1.29 is 22.7 Å². The minimum Gasteiger partial charge on any atom is -0.370 e. The van der Waals surface area contributed by atoms with E-state index in [1.807, 2.05) is 12.1 Å². The van der Waals surface area contributed by atoms with Crippen LogP contribution in [0.15, 0.2) is 55.0 Å². The molecular weight excluding hydrogens is 374 g/mol. The number of hydrogen-bond donors (Lipinski definition) is 3. The number of alkyl halides is 3. The van der Waals surface area contributed by atoms with Gasteiger partial charge in [0.25, 0.3) is 0 Å². The monoisotopic (exact) mass is 393 g/mol. The third-order valence-corrected chi connectivity index (χ3v) is 4.33. The van der Waals surface area contributed by atoms with Gasteiger partial charge < -0.3 is 10.1 Å². The predicted octanol–water partition coefficient (Wildman–Crippen LogP) is 4.29. The second-order valence-electron chi connectivity index (χ2n) is 6.31. The highest BCUT2D eigenvalue weighted by atomic mass is 19.4. The van der Waals surface area contributed by atoms with Gasteiger partial charge in [0, 0.05) is 24.2 Å². The van der Waals surface area contributed by atoms with Gasteiger partial charge in [0.05, 0.1) is 5.69 Å². The molecule has 0 saturated carbocycles. The molecule has 0 amide bonds. The molecule has 0 aliphatic rings. The second-order valence-corrected chi connectivity index (χ2v) is 6.31. The number of pyridine rings is 1. The van der Waals surface area contributed by atoms with Crippen molar-refractivity contribution in [1.82, 2.24) is 15.3 Å². The molecule has 3 aromatic rings. The van der Waals surface area contributed by atoms with Gasteiger partial charge in [-0.25, -0.2) is 4.39 Å². The van der Waals surface area contributed by atoms with Gasteiger partial charge in [-0.1, -0.05) is 0 Å². The first-order valence-electron chi connectivity index (χ1n) is 8.71. The van der Waals surface area contributed by atoms with Crippen molar-refractivity contribution in [2.75, 3.05) is 6.54 Å². The summed E-state index contributed by atoms with van der Waals surface area (Å²) in [6.07, 6.45) is -1.23. The number of aryl methyl sites for hydroxylation is 1. The van der Waals surface area contributed by atoms with Crippen LogP contribution in [-0.2, 0) is 6.42 Å². The van der Waals surface area contributed by atoms with Gasteiger partial charge in [-0.05, 0) is 72.5 Å². The molecule has 2 heterocycles. The molecular formula is C20H19F4N3O. The fourth-order valence-electron chi connectivity index (χ4n) is 2.99.